The first-order valence-corrected chi connectivity index (χ1v) is 24.3. The molecule has 1 aliphatic rings. The van der Waals surface area contributed by atoms with Crippen LogP contribution in [0.25, 0.3) is 0 Å². The third-order valence-corrected chi connectivity index (χ3v) is 11.4. The predicted molar refractivity (Wildman–Crippen MR) is 230 cm³/mol. The van der Waals surface area contributed by atoms with Crippen LogP contribution >= 0.6 is 7.82 Å². The number of aliphatic hydroxyl groups excluding tert-OH is 5. The predicted octanol–water partition coefficient (Wildman–Crippen LogP) is 8.61. The lowest BCUT2D eigenvalue weighted by atomic mass is 9.85. The lowest BCUT2D eigenvalue weighted by molar-refractivity contribution is -0.220. The molecule has 0 aliphatic heterocycles. The van der Waals surface area contributed by atoms with Gasteiger partial charge >= 0.3 is 19.8 Å². The highest BCUT2D eigenvalue weighted by Crippen LogP contribution is 2.47. The van der Waals surface area contributed by atoms with Crippen LogP contribution in [0.3, 0.4) is 0 Å². The third-order valence-electron chi connectivity index (χ3n) is 10.5. The molecule has 0 aromatic heterocycles. The molecule has 6 N–H and O–H groups in total. The Hall–Kier alpha value is -1.93. The van der Waals surface area contributed by atoms with Crippen molar-refractivity contribution < 1.29 is 63.1 Å². The quantitative estimate of drug-likeness (QED) is 0.0150. The van der Waals surface area contributed by atoms with E-state index in [1.54, 1.807) is 0 Å². The van der Waals surface area contributed by atoms with Gasteiger partial charge in [0, 0.05) is 12.8 Å². The Kier molecular flexibility index (Phi) is 33.3. The zero-order chi connectivity index (χ0) is 43.6. The van der Waals surface area contributed by atoms with Gasteiger partial charge in [0.1, 0.15) is 43.2 Å². The summed E-state index contributed by atoms with van der Waals surface area (Å²) in [5, 5.41) is 50.1. The van der Waals surface area contributed by atoms with Crippen molar-refractivity contribution in [2.45, 2.75) is 224 Å². The van der Waals surface area contributed by atoms with E-state index in [1.165, 1.54) is 57.8 Å². The molecule has 6 unspecified atom stereocenters. The van der Waals surface area contributed by atoms with Crippen LogP contribution in [0, 0.1) is 0 Å². The maximum Gasteiger partial charge on any atom is 0.472 e. The number of rotatable bonds is 37. The van der Waals surface area contributed by atoms with Crippen LogP contribution in [0.5, 0.6) is 0 Å². The monoisotopic (exact) mass is 861 g/mol. The zero-order valence-electron chi connectivity index (χ0n) is 36.3. The van der Waals surface area contributed by atoms with Crippen LogP contribution in [0.15, 0.2) is 36.5 Å². The molecule has 59 heavy (non-hydrogen) atoms. The van der Waals surface area contributed by atoms with Crippen molar-refractivity contribution in [2.75, 3.05) is 13.2 Å². The van der Waals surface area contributed by atoms with E-state index in [1.807, 2.05) is 0 Å². The molecule has 1 saturated carbocycles. The number of unbranched alkanes of at least 4 members (excludes halogenated alkanes) is 19. The molecular weight excluding hydrogens is 779 g/mol. The Bertz CT molecular complexity index is 1180. The average Bonchev–Trinajstić information content (AvgIpc) is 3.21. The minimum Gasteiger partial charge on any atom is -0.462 e. The molecular formula is C45H81O13P. The van der Waals surface area contributed by atoms with Crippen LogP contribution in [0.4, 0.5) is 0 Å². The molecule has 13 nitrogen and oxygen atoms in total. The summed E-state index contributed by atoms with van der Waals surface area (Å²) in [5.74, 6) is -1.12. The number of hydrogen-bond donors (Lipinski definition) is 6. The molecule has 0 amide bonds. The van der Waals surface area contributed by atoms with Gasteiger partial charge in [0.25, 0.3) is 0 Å². The van der Waals surface area contributed by atoms with E-state index in [-0.39, 0.29) is 12.8 Å². The van der Waals surface area contributed by atoms with Gasteiger partial charge < -0.3 is 39.9 Å². The van der Waals surface area contributed by atoms with Crippen LogP contribution in [0.2, 0.25) is 0 Å². The Morgan fingerprint density at radius 1 is 0.525 bits per heavy atom. The highest BCUT2D eigenvalue weighted by Gasteiger charge is 2.51. The van der Waals surface area contributed by atoms with Gasteiger partial charge in [-0.15, -0.1) is 0 Å². The lowest BCUT2D eigenvalue weighted by Gasteiger charge is -2.41. The summed E-state index contributed by atoms with van der Waals surface area (Å²) < 4.78 is 33.5. The van der Waals surface area contributed by atoms with Gasteiger partial charge in [-0.25, -0.2) is 4.57 Å². The average molecular weight is 861 g/mol. The number of allylic oxidation sites excluding steroid dienone is 6. The number of phosphoric acid groups is 1. The Balaban J connectivity index is 2.49. The number of carbonyl (C=O) groups is 2. The van der Waals surface area contributed by atoms with Crippen molar-refractivity contribution in [1.82, 2.24) is 0 Å². The van der Waals surface area contributed by atoms with E-state index in [2.05, 4.69) is 50.3 Å². The normalized spacial score (nSPS) is 22.6. The van der Waals surface area contributed by atoms with Gasteiger partial charge in [-0.2, -0.15) is 0 Å². The summed E-state index contributed by atoms with van der Waals surface area (Å²) >= 11 is 0. The molecule has 0 heterocycles. The molecule has 0 aromatic carbocycles. The van der Waals surface area contributed by atoms with Crippen molar-refractivity contribution in [2.24, 2.45) is 0 Å². The van der Waals surface area contributed by atoms with E-state index in [4.69, 9.17) is 18.5 Å². The number of phosphoric ester groups is 1. The topological polar surface area (TPSA) is 210 Å². The largest absolute Gasteiger partial charge is 0.472 e. The maximum atomic E-state index is 12.8. The van der Waals surface area contributed by atoms with E-state index in [0.29, 0.717) is 12.8 Å². The molecule has 0 saturated heterocycles. The maximum absolute atomic E-state index is 12.8. The van der Waals surface area contributed by atoms with E-state index in [9.17, 15) is 44.6 Å². The second-order valence-electron chi connectivity index (χ2n) is 15.9. The molecule has 14 heteroatoms. The van der Waals surface area contributed by atoms with E-state index >= 15 is 0 Å². The first-order chi connectivity index (χ1) is 28.4. The van der Waals surface area contributed by atoms with Crippen LogP contribution in [-0.2, 0) is 32.7 Å². The number of carbonyl (C=O) groups excluding carboxylic acids is 2. The highest BCUT2D eigenvalue weighted by atomic mass is 31.2. The summed E-state index contributed by atoms with van der Waals surface area (Å²) in [7, 11) is -5.12. The summed E-state index contributed by atoms with van der Waals surface area (Å²) in [6.07, 6.45) is 26.2. The fourth-order valence-electron chi connectivity index (χ4n) is 6.72. The van der Waals surface area contributed by atoms with Gasteiger partial charge in [-0.3, -0.25) is 18.6 Å². The first-order valence-electron chi connectivity index (χ1n) is 22.8. The van der Waals surface area contributed by atoms with Crippen molar-refractivity contribution in [3.63, 3.8) is 0 Å². The zero-order valence-corrected chi connectivity index (χ0v) is 37.2. The van der Waals surface area contributed by atoms with Gasteiger partial charge in [0.15, 0.2) is 6.10 Å². The van der Waals surface area contributed by atoms with Crippen molar-refractivity contribution in [3.05, 3.63) is 36.5 Å². The molecule has 1 fully saturated rings. The second-order valence-corrected chi connectivity index (χ2v) is 17.3. The number of aliphatic hydroxyl groups is 5. The van der Waals surface area contributed by atoms with Gasteiger partial charge in [-0.05, 0) is 70.6 Å². The summed E-state index contributed by atoms with van der Waals surface area (Å²) in [6, 6.07) is 0. The summed E-state index contributed by atoms with van der Waals surface area (Å²) in [6.45, 7) is 3.24. The molecule has 1 rings (SSSR count). The molecule has 1 aliphatic carbocycles. The van der Waals surface area contributed by atoms with Crippen molar-refractivity contribution in [3.8, 4) is 0 Å². The molecule has 6 atom stereocenters. The first kappa shape index (κ1) is 55.1. The second kappa shape index (κ2) is 35.6. The van der Waals surface area contributed by atoms with Crippen molar-refractivity contribution >= 4 is 19.8 Å². The van der Waals surface area contributed by atoms with Crippen LogP contribution in [0.1, 0.15) is 181 Å². The molecule has 0 radical (unpaired) electrons. The van der Waals surface area contributed by atoms with E-state index in [0.717, 1.165) is 83.5 Å². The molecule has 0 spiro atoms. The summed E-state index contributed by atoms with van der Waals surface area (Å²) in [4.78, 5) is 35.7. The SMILES string of the molecule is CCCCCC=CCC=CCCCCCCCC(=O)OC(COC(=O)CCCCCCCC=CCCCCCCCC)COP(=O)(O)OC1C(O)C(O)C(O)C(O)C1O. The number of esters is 2. The Morgan fingerprint density at radius 2 is 0.915 bits per heavy atom. The standard InChI is InChI=1S/C45H81O13P/c1-3-5-7-9-11-13-15-17-19-21-23-25-27-29-31-33-38(46)55-35-37(36-56-59(53,54)58-45-43(51)41(49)40(48)42(50)44(45)52)57-39(47)34-32-30-28-26-24-22-20-18-16-14-12-10-8-6-4-2/h12,14,17-20,37,40-45,48-52H,3-11,13,15-16,21-36H2,1-2H3,(H,53,54). The van der Waals surface area contributed by atoms with Gasteiger partial charge in [0.05, 0.1) is 6.61 Å². The molecule has 344 valence electrons. The lowest BCUT2D eigenvalue weighted by Crippen LogP contribution is -2.64. The highest BCUT2D eigenvalue weighted by molar-refractivity contribution is 7.47. The Morgan fingerprint density at radius 3 is 1.42 bits per heavy atom. The van der Waals surface area contributed by atoms with E-state index < -0.39 is 75.7 Å². The van der Waals surface area contributed by atoms with Crippen LogP contribution in [-0.4, -0.2) is 98.3 Å². The van der Waals surface area contributed by atoms with Crippen LogP contribution < -0.4 is 0 Å². The number of ether oxygens (including phenoxy) is 2. The van der Waals surface area contributed by atoms with Gasteiger partial charge in [0.2, 0.25) is 0 Å². The molecule has 0 bridgehead atoms. The third kappa shape index (κ3) is 28.3. The molecule has 0 aromatic rings. The minimum atomic E-state index is -5.12. The number of hydrogen-bond acceptors (Lipinski definition) is 12. The summed E-state index contributed by atoms with van der Waals surface area (Å²) in [5.41, 5.74) is 0. The van der Waals surface area contributed by atoms with Gasteiger partial charge in [-0.1, -0.05) is 134 Å². The van der Waals surface area contributed by atoms with Crippen molar-refractivity contribution in [1.29, 1.82) is 0 Å². The smallest absolute Gasteiger partial charge is 0.462 e. The Labute approximate surface area is 355 Å². The minimum absolute atomic E-state index is 0.0791. The fourth-order valence-corrected chi connectivity index (χ4v) is 7.70. The fraction of sp³-hybridized carbons (Fsp3) is 0.822.